The lowest BCUT2D eigenvalue weighted by Gasteiger charge is -2.14. The number of thioether (sulfide) groups is 1. The molecule has 1 N–H and O–H groups in total. The number of thiazole rings is 1. The zero-order chi connectivity index (χ0) is 23.2. The van der Waals surface area contributed by atoms with Gasteiger partial charge in [0, 0.05) is 18.0 Å². The van der Waals surface area contributed by atoms with E-state index in [1.54, 1.807) is 0 Å². The smallest absolute Gasteiger partial charge is 0.236 e. The summed E-state index contributed by atoms with van der Waals surface area (Å²) < 4.78 is 7.88. The number of carbonyl (C=O) groups excluding carboxylic acids is 1. The van der Waals surface area contributed by atoms with Crippen LogP contribution in [0, 0.1) is 0 Å². The van der Waals surface area contributed by atoms with Gasteiger partial charge in [0.05, 0.1) is 11.4 Å². The first kappa shape index (κ1) is 23.0. The number of rotatable bonds is 9. The van der Waals surface area contributed by atoms with Crippen molar-refractivity contribution in [2.75, 3.05) is 11.1 Å². The largest absolute Gasteiger partial charge is 0.483 e. The summed E-state index contributed by atoms with van der Waals surface area (Å²) in [7, 11) is 1.88. The highest BCUT2D eigenvalue weighted by molar-refractivity contribution is 7.99. The molecule has 0 aliphatic carbocycles. The first-order valence-electron chi connectivity index (χ1n) is 10.6. The zero-order valence-corrected chi connectivity index (χ0v) is 20.3. The zero-order valence-electron chi connectivity index (χ0n) is 18.7. The molecule has 170 valence electrons. The van der Waals surface area contributed by atoms with Gasteiger partial charge in [-0.15, -0.1) is 21.5 Å². The van der Waals surface area contributed by atoms with E-state index in [9.17, 15) is 4.79 Å². The van der Waals surface area contributed by atoms with Gasteiger partial charge in [0.2, 0.25) is 5.91 Å². The Hall–Kier alpha value is -3.17. The number of ether oxygens (including phenoxy) is 1. The maximum atomic E-state index is 12.4. The minimum absolute atomic E-state index is 0.140. The standard InChI is InChI=1S/C24H25N5O2S2/c1-4-17-10-12-19(13-11-17)31-16(2)22-27-28-24(29(22)3)33-15-21(30)26-23-25-20(14-32-23)18-8-6-5-7-9-18/h5-14,16H,4,15H2,1-3H3,(H,25,26,30)/t16-/m1/s1. The second-order valence-electron chi connectivity index (χ2n) is 7.40. The SMILES string of the molecule is CCc1ccc(O[C@H](C)c2nnc(SCC(=O)Nc3nc(-c4ccccc4)cs3)n2C)cc1. The van der Waals surface area contributed by atoms with Gasteiger partial charge in [-0.3, -0.25) is 4.79 Å². The monoisotopic (exact) mass is 479 g/mol. The summed E-state index contributed by atoms with van der Waals surface area (Å²) in [5.41, 5.74) is 3.13. The van der Waals surface area contributed by atoms with Gasteiger partial charge in [0.15, 0.2) is 22.2 Å². The number of nitrogens with zero attached hydrogens (tertiary/aromatic N) is 4. The fourth-order valence-corrected chi connectivity index (χ4v) is 4.68. The van der Waals surface area contributed by atoms with E-state index in [0.29, 0.717) is 16.1 Å². The maximum absolute atomic E-state index is 12.4. The molecular formula is C24H25N5O2S2. The van der Waals surface area contributed by atoms with Crippen molar-refractivity contribution in [3.8, 4) is 17.0 Å². The molecule has 33 heavy (non-hydrogen) atoms. The second-order valence-corrected chi connectivity index (χ2v) is 9.20. The molecule has 2 aromatic heterocycles. The fourth-order valence-electron chi connectivity index (χ4n) is 3.22. The van der Waals surface area contributed by atoms with Crippen LogP contribution in [0.15, 0.2) is 65.1 Å². The molecule has 0 aliphatic heterocycles. The van der Waals surface area contributed by atoms with Gasteiger partial charge in [-0.25, -0.2) is 4.98 Å². The molecule has 0 radical (unpaired) electrons. The summed E-state index contributed by atoms with van der Waals surface area (Å²) in [6.07, 6.45) is 0.717. The molecule has 0 saturated carbocycles. The first-order chi connectivity index (χ1) is 16.0. The molecule has 0 unspecified atom stereocenters. The summed E-state index contributed by atoms with van der Waals surface area (Å²) in [6.45, 7) is 4.06. The molecule has 7 nitrogen and oxygen atoms in total. The molecule has 4 rings (SSSR count). The third-order valence-corrected chi connectivity index (χ3v) is 6.81. The molecule has 2 aromatic carbocycles. The molecule has 0 bridgehead atoms. The number of aryl methyl sites for hydroxylation is 1. The van der Waals surface area contributed by atoms with Crippen LogP contribution in [0.4, 0.5) is 5.13 Å². The fraction of sp³-hybridized carbons (Fsp3) is 0.250. The van der Waals surface area contributed by atoms with E-state index in [4.69, 9.17) is 4.74 Å². The summed E-state index contributed by atoms with van der Waals surface area (Å²) in [4.78, 5) is 16.9. The Kier molecular flexibility index (Phi) is 7.41. The number of hydrogen-bond acceptors (Lipinski definition) is 7. The molecule has 9 heteroatoms. The van der Waals surface area contributed by atoms with Crippen LogP contribution < -0.4 is 10.1 Å². The topological polar surface area (TPSA) is 81.9 Å². The van der Waals surface area contributed by atoms with Crippen LogP contribution in [0.2, 0.25) is 0 Å². The van der Waals surface area contributed by atoms with Crippen molar-refractivity contribution < 1.29 is 9.53 Å². The number of benzene rings is 2. The molecular weight excluding hydrogens is 454 g/mol. The van der Waals surface area contributed by atoms with Gasteiger partial charge in [0.25, 0.3) is 0 Å². The Balaban J connectivity index is 1.31. The Bertz CT molecular complexity index is 1210. The lowest BCUT2D eigenvalue weighted by Crippen LogP contribution is -2.14. The highest BCUT2D eigenvalue weighted by atomic mass is 32.2. The predicted octanol–water partition coefficient (Wildman–Crippen LogP) is 5.37. The van der Waals surface area contributed by atoms with Crippen molar-refractivity contribution >= 4 is 34.1 Å². The quantitative estimate of drug-likeness (QED) is 0.325. The van der Waals surface area contributed by atoms with Gasteiger partial charge in [-0.05, 0) is 31.0 Å². The third kappa shape index (κ3) is 5.80. The molecule has 1 atom stereocenters. The van der Waals surface area contributed by atoms with Crippen molar-refractivity contribution in [2.24, 2.45) is 7.05 Å². The van der Waals surface area contributed by atoms with Gasteiger partial charge >= 0.3 is 0 Å². The summed E-state index contributed by atoms with van der Waals surface area (Å²) >= 11 is 2.73. The normalized spacial score (nSPS) is 11.8. The van der Waals surface area contributed by atoms with Crippen molar-refractivity contribution in [3.63, 3.8) is 0 Å². The van der Waals surface area contributed by atoms with E-state index in [2.05, 4.69) is 39.6 Å². The Morgan fingerprint density at radius 2 is 1.91 bits per heavy atom. The van der Waals surface area contributed by atoms with E-state index >= 15 is 0 Å². The highest BCUT2D eigenvalue weighted by Crippen LogP contribution is 2.26. The van der Waals surface area contributed by atoms with Crippen molar-refractivity contribution in [2.45, 2.75) is 31.5 Å². The molecule has 0 spiro atoms. The predicted molar refractivity (Wildman–Crippen MR) is 133 cm³/mol. The Morgan fingerprint density at radius 3 is 2.64 bits per heavy atom. The Labute approximate surface area is 201 Å². The number of carbonyl (C=O) groups is 1. The average molecular weight is 480 g/mol. The number of hydrogen-bond donors (Lipinski definition) is 1. The highest BCUT2D eigenvalue weighted by Gasteiger charge is 2.18. The molecule has 4 aromatic rings. The molecule has 2 heterocycles. The van der Waals surface area contributed by atoms with Crippen LogP contribution in [-0.4, -0.2) is 31.4 Å². The van der Waals surface area contributed by atoms with Crippen molar-refractivity contribution in [1.29, 1.82) is 0 Å². The Morgan fingerprint density at radius 1 is 1.15 bits per heavy atom. The third-order valence-electron chi connectivity index (χ3n) is 5.03. The second kappa shape index (κ2) is 10.6. The number of nitrogens with one attached hydrogen (secondary N) is 1. The number of aromatic nitrogens is 4. The summed E-state index contributed by atoms with van der Waals surface area (Å²) in [5, 5.41) is 14.5. The van der Waals surface area contributed by atoms with E-state index in [1.165, 1.54) is 28.7 Å². The minimum atomic E-state index is -0.273. The first-order valence-corrected chi connectivity index (χ1v) is 12.5. The van der Waals surface area contributed by atoms with Crippen LogP contribution in [0.5, 0.6) is 5.75 Å². The van der Waals surface area contributed by atoms with Crippen LogP contribution in [0.3, 0.4) is 0 Å². The van der Waals surface area contributed by atoms with E-state index in [-0.39, 0.29) is 17.8 Å². The van der Waals surface area contributed by atoms with E-state index in [0.717, 1.165) is 23.4 Å². The molecule has 0 fully saturated rings. The van der Waals surface area contributed by atoms with Gasteiger partial charge in [-0.1, -0.05) is 61.2 Å². The average Bonchev–Trinajstić information content (AvgIpc) is 3.45. The lowest BCUT2D eigenvalue weighted by molar-refractivity contribution is -0.113. The van der Waals surface area contributed by atoms with Crippen molar-refractivity contribution in [3.05, 3.63) is 71.4 Å². The summed E-state index contributed by atoms with van der Waals surface area (Å²) in [6, 6.07) is 17.9. The van der Waals surface area contributed by atoms with Crippen LogP contribution in [0.25, 0.3) is 11.3 Å². The van der Waals surface area contributed by atoms with Gasteiger partial charge in [-0.2, -0.15) is 0 Å². The molecule has 1 amide bonds. The van der Waals surface area contributed by atoms with Crippen LogP contribution in [0.1, 0.15) is 31.3 Å². The van der Waals surface area contributed by atoms with Crippen LogP contribution >= 0.6 is 23.1 Å². The van der Waals surface area contributed by atoms with Crippen LogP contribution in [-0.2, 0) is 18.3 Å². The molecule has 0 aliphatic rings. The number of anilines is 1. The molecule has 0 saturated heterocycles. The minimum Gasteiger partial charge on any atom is -0.483 e. The summed E-state index contributed by atoms with van der Waals surface area (Å²) in [5.74, 6) is 1.55. The van der Waals surface area contributed by atoms with Crippen molar-refractivity contribution in [1.82, 2.24) is 19.7 Å². The van der Waals surface area contributed by atoms with E-state index in [1.807, 2.05) is 66.4 Å². The lowest BCUT2D eigenvalue weighted by atomic mass is 10.2. The van der Waals surface area contributed by atoms with Gasteiger partial charge in [0.1, 0.15) is 5.75 Å². The van der Waals surface area contributed by atoms with E-state index < -0.39 is 0 Å². The number of amides is 1. The van der Waals surface area contributed by atoms with Gasteiger partial charge < -0.3 is 14.6 Å². The maximum Gasteiger partial charge on any atom is 0.236 e.